The maximum Gasteiger partial charge on any atom is 0.130 e. The van der Waals surface area contributed by atoms with Crippen LogP contribution in [0.2, 0.25) is 0 Å². The Morgan fingerprint density at radius 1 is 1.30 bits per heavy atom. The molecule has 0 spiro atoms. The lowest BCUT2D eigenvalue weighted by Crippen LogP contribution is -2.14. The second kappa shape index (κ2) is 8.36. The van der Waals surface area contributed by atoms with Gasteiger partial charge in [-0.3, -0.25) is 0 Å². The van der Waals surface area contributed by atoms with Gasteiger partial charge in [-0.25, -0.2) is 0 Å². The highest BCUT2D eigenvalue weighted by molar-refractivity contribution is 5.75. The predicted octanol–water partition coefficient (Wildman–Crippen LogP) is 4.50. The Kier molecular flexibility index (Phi) is 6.78. The summed E-state index contributed by atoms with van der Waals surface area (Å²) in [5, 5.41) is 0. The zero-order valence-corrected chi connectivity index (χ0v) is 12.7. The number of aryl methyl sites for hydroxylation is 1. The number of hydrogen-bond donors (Lipinski definition) is 0. The summed E-state index contributed by atoms with van der Waals surface area (Å²) in [7, 11) is 0. The van der Waals surface area contributed by atoms with Crippen LogP contribution in [-0.2, 0) is 11.2 Å². The lowest BCUT2D eigenvalue weighted by Gasteiger charge is -2.17. The molecule has 2 nitrogen and oxygen atoms in total. The van der Waals surface area contributed by atoms with Gasteiger partial charge in [-0.15, -0.1) is 6.58 Å². The minimum atomic E-state index is -0.00372. The fourth-order valence-corrected chi connectivity index (χ4v) is 1.99. The zero-order chi connectivity index (χ0) is 15.0. The molecule has 1 unspecified atom stereocenters. The summed E-state index contributed by atoms with van der Waals surface area (Å²) in [6, 6.07) is 7.92. The van der Waals surface area contributed by atoms with Gasteiger partial charge < -0.3 is 9.53 Å². The van der Waals surface area contributed by atoms with Gasteiger partial charge in [0.25, 0.3) is 0 Å². The fourth-order valence-electron chi connectivity index (χ4n) is 1.99. The van der Waals surface area contributed by atoms with Crippen LogP contribution in [0.4, 0.5) is 0 Å². The van der Waals surface area contributed by atoms with Crippen molar-refractivity contribution in [2.75, 3.05) is 0 Å². The van der Waals surface area contributed by atoms with E-state index < -0.39 is 0 Å². The molecule has 2 heteroatoms. The van der Waals surface area contributed by atoms with E-state index in [1.807, 2.05) is 30.3 Å². The van der Waals surface area contributed by atoms with Crippen LogP contribution in [0.5, 0.6) is 5.75 Å². The smallest absolute Gasteiger partial charge is 0.130 e. The third-order valence-corrected chi connectivity index (χ3v) is 2.92. The first kappa shape index (κ1) is 16.2. The molecule has 0 aromatic heterocycles. The normalized spacial score (nSPS) is 11.6. The third kappa shape index (κ3) is 5.87. The number of rotatable bonds is 8. The third-order valence-electron chi connectivity index (χ3n) is 2.92. The number of ketones is 1. The topological polar surface area (TPSA) is 26.3 Å². The summed E-state index contributed by atoms with van der Waals surface area (Å²) < 4.78 is 6.07. The molecular formula is C18H24O2. The Balaban J connectivity index is 2.85. The van der Waals surface area contributed by atoms with Crippen LogP contribution in [0.25, 0.3) is 0 Å². The molecule has 20 heavy (non-hydrogen) atoms. The van der Waals surface area contributed by atoms with E-state index in [0.29, 0.717) is 6.42 Å². The molecule has 0 amide bonds. The first-order chi connectivity index (χ1) is 9.52. The molecule has 0 saturated carbocycles. The van der Waals surface area contributed by atoms with Gasteiger partial charge in [-0.05, 0) is 44.9 Å². The highest BCUT2D eigenvalue weighted by Gasteiger charge is 2.09. The van der Waals surface area contributed by atoms with Crippen molar-refractivity contribution >= 4 is 5.78 Å². The van der Waals surface area contributed by atoms with Gasteiger partial charge >= 0.3 is 0 Å². The molecule has 0 radical (unpaired) electrons. The molecule has 1 aromatic rings. The molecule has 0 bridgehead atoms. The molecule has 108 valence electrons. The maximum atomic E-state index is 11.1. The Hall–Kier alpha value is -1.83. The summed E-state index contributed by atoms with van der Waals surface area (Å²) in [6.45, 7) is 9.51. The summed E-state index contributed by atoms with van der Waals surface area (Å²) in [5.41, 5.74) is 2.30. The van der Waals surface area contributed by atoms with E-state index in [2.05, 4.69) is 26.5 Å². The molecule has 0 heterocycles. The average molecular weight is 272 g/mol. The van der Waals surface area contributed by atoms with E-state index in [-0.39, 0.29) is 11.9 Å². The van der Waals surface area contributed by atoms with Crippen LogP contribution >= 0.6 is 0 Å². The number of allylic oxidation sites excluding steroid dienone is 1. The van der Waals surface area contributed by atoms with Crippen LogP contribution in [-0.4, -0.2) is 11.9 Å². The van der Waals surface area contributed by atoms with E-state index in [1.54, 1.807) is 6.92 Å². The molecule has 1 rings (SSSR count). The van der Waals surface area contributed by atoms with E-state index in [4.69, 9.17) is 4.74 Å². The van der Waals surface area contributed by atoms with Crippen molar-refractivity contribution in [1.29, 1.82) is 0 Å². The molecule has 0 aliphatic rings. The summed E-state index contributed by atoms with van der Waals surface area (Å²) in [6.07, 6.45) is 6.00. The predicted molar refractivity (Wildman–Crippen MR) is 84.1 cm³/mol. The number of Topliss-reactive ketones (excluding diaryl/α,β-unsaturated/α-hetero) is 1. The number of carbonyl (C=O) groups excluding carboxylic acids is 1. The molecule has 0 aliphatic heterocycles. The van der Waals surface area contributed by atoms with Crippen molar-refractivity contribution in [2.24, 2.45) is 0 Å². The summed E-state index contributed by atoms with van der Waals surface area (Å²) in [4.78, 5) is 11.1. The monoisotopic (exact) mass is 272 g/mol. The lowest BCUT2D eigenvalue weighted by atomic mass is 10.1. The minimum absolute atomic E-state index is 0.00372. The molecule has 1 atom stereocenters. The van der Waals surface area contributed by atoms with Gasteiger partial charge in [0.15, 0.2) is 0 Å². The van der Waals surface area contributed by atoms with Crippen molar-refractivity contribution in [2.45, 2.75) is 46.1 Å². The summed E-state index contributed by atoms with van der Waals surface area (Å²) in [5.74, 6) is 1.06. The molecular weight excluding hydrogens is 248 g/mol. The van der Waals surface area contributed by atoms with Gasteiger partial charge in [0.1, 0.15) is 17.6 Å². The number of carbonyl (C=O) groups is 1. The minimum Gasteiger partial charge on any atom is -0.486 e. The van der Waals surface area contributed by atoms with Crippen LogP contribution in [0.15, 0.2) is 48.6 Å². The molecule has 0 aliphatic carbocycles. The van der Waals surface area contributed by atoms with Gasteiger partial charge in [-0.2, -0.15) is 0 Å². The quantitative estimate of drug-likeness (QED) is 0.651. The van der Waals surface area contributed by atoms with Crippen LogP contribution in [0.1, 0.15) is 39.2 Å². The first-order valence-corrected chi connectivity index (χ1v) is 7.03. The van der Waals surface area contributed by atoms with E-state index in [0.717, 1.165) is 24.2 Å². The van der Waals surface area contributed by atoms with Gasteiger partial charge in [-0.1, -0.05) is 29.8 Å². The number of hydrogen-bond acceptors (Lipinski definition) is 2. The molecule has 1 aromatic carbocycles. The van der Waals surface area contributed by atoms with Crippen LogP contribution in [0.3, 0.4) is 0 Å². The summed E-state index contributed by atoms with van der Waals surface area (Å²) >= 11 is 0. The highest BCUT2D eigenvalue weighted by Crippen LogP contribution is 2.22. The van der Waals surface area contributed by atoms with Gasteiger partial charge in [0.2, 0.25) is 0 Å². The fraction of sp³-hybridized carbons (Fsp3) is 0.389. The number of benzene rings is 1. The molecule has 0 N–H and O–H groups in total. The molecule has 0 fully saturated rings. The second-order valence-electron chi connectivity index (χ2n) is 5.23. The highest BCUT2D eigenvalue weighted by atomic mass is 16.5. The van der Waals surface area contributed by atoms with E-state index >= 15 is 0 Å². The Morgan fingerprint density at radius 3 is 2.60 bits per heavy atom. The standard InChI is InChI=1S/C18H24O2/c1-5-8-17(13-14(2)3)20-18-10-7-6-9-16(18)12-11-15(4)19/h5-7,9-10,13,17H,1,8,11-12H2,2-4H3. The van der Waals surface area contributed by atoms with Crippen LogP contribution in [0, 0.1) is 0 Å². The van der Waals surface area contributed by atoms with Crippen LogP contribution < -0.4 is 4.74 Å². The van der Waals surface area contributed by atoms with Crippen molar-refractivity contribution in [3.8, 4) is 5.75 Å². The van der Waals surface area contributed by atoms with E-state index in [9.17, 15) is 4.79 Å². The van der Waals surface area contributed by atoms with Crippen molar-refractivity contribution in [3.05, 3.63) is 54.1 Å². The largest absolute Gasteiger partial charge is 0.486 e. The van der Waals surface area contributed by atoms with E-state index in [1.165, 1.54) is 5.57 Å². The number of para-hydroxylation sites is 1. The van der Waals surface area contributed by atoms with Crippen molar-refractivity contribution in [1.82, 2.24) is 0 Å². The Morgan fingerprint density at radius 2 is 2.00 bits per heavy atom. The van der Waals surface area contributed by atoms with Crippen molar-refractivity contribution < 1.29 is 9.53 Å². The maximum absolute atomic E-state index is 11.1. The van der Waals surface area contributed by atoms with Gasteiger partial charge in [0, 0.05) is 12.8 Å². The first-order valence-electron chi connectivity index (χ1n) is 7.03. The number of ether oxygens (including phenoxy) is 1. The lowest BCUT2D eigenvalue weighted by molar-refractivity contribution is -0.116. The van der Waals surface area contributed by atoms with Crippen molar-refractivity contribution in [3.63, 3.8) is 0 Å². The molecule has 0 saturated heterocycles. The second-order valence-corrected chi connectivity index (χ2v) is 5.23. The Labute approximate surface area is 122 Å². The Bertz CT molecular complexity index is 482. The van der Waals surface area contributed by atoms with Gasteiger partial charge in [0.05, 0.1) is 0 Å². The average Bonchev–Trinajstić information content (AvgIpc) is 2.37. The zero-order valence-electron chi connectivity index (χ0n) is 12.7. The SMILES string of the molecule is C=CCC(C=C(C)C)Oc1ccccc1CCC(C)=O.